The Morgan fingerprint density at radius 3 is 2.74 bits per heavy atom. The monoisotopic (exact) mass is 308 g/mol. The predicted octanol–water partition coefficient (Wildman–Crippen LogP) is 2.08. The summed E-state index contributed by atoms with van der Waals surface area (Å²) in [5.41, 5.74) is 1.73. The maximum Gasteiger partial charge on any atom is 0.272 e. The summed E-state index contributed by atoms with van der Waals surface area (Å²) in [6.45, 7) is 3.73. The van der Waals surface area contributed by atoms with Gasteiger partial charge in [-0.05, 0) is 42.5 Å². The van der Waals surface area contributed by atoms with Gasteiger partial charge in [0.25, 0.3) is 5.91 Å². The number of anilines is 1. The number of likely N-dealkylation sites (tertiary alicyclic amines) is 1. The summed E-state index contributed by atoms with van der Waals surface area (Å²) in [6.07, 6.45) is 6.54. The van der Waals surface area contributed by atoms with Crippen LogP contribution < -0.4 is 4.90 Å². The molecule has 5 nitrogen and oxygen atoms in total. The van der Waals surface area contributed by atoms with E-state index in [1.807, 2.05) is 29.3 Å². The molecule has 0 aliphatic carbocycles. The normalized spacial score (nSPS) is 23.7. The van der Waals surface area contributed by atoms with E-state index in [4.69, 9.17) is 0 Å². The van der Waals surface area contributed by atoms with Gasteiger partial charge in [-0.25, -0.2) is 0 Å². The number of hydrogen-bond acceptors (Lipinski definition) is 4. The van der Waals surface area contributed by atoms with Crippen LogP contribution >= 0.6 is 0 Å². The lowest BCUT2D eigenvalue weighted by Crippen LogP contribution is -2.40. The third-order valence-electron chi connectivity index (χ3n) is 4.98. The van der Waals surface area contributed by atoms with Crippen molar-refractivity contribution in [2.45, 2.75) is 6.42 Å². The highest BCUT2D eigenvalue weighted by Gasteiger charge is 2.39. The zero-order valence-corrected chi connectivity index (χ0v) is 13.0. The predicted molar refractivity (Wildman–Crippen MR) is 88.2 cm³/mol. The molecule has 2 aromatic heterocycles. The largest absolute Gasteiger partial charge is 0.370 e. The lowest BCUT2D eigenvalue weighted by molar-refractivity contribution is 0.0778. The first-order valence-electron chi connectivity index (χ1n) is 8.16. The minimum atomic E-state index is 0.0629. The fraction of sp³-hybridized carbons (Fsp3) is 0.389. The van der Waals surface area contributed by atoms with Crippen LogP contribution in [0.5, 0.6) is 0 Å². The molecule has 4 heterocycles. The zero-order chi connectivity index (χ0) is 15.6. The van der Waals surface area contributed by atoms with Gasteiger partial charge >= 0.3 is 0 Å². The standard InChI is InChI=1S/C18H20N4O/c23-18(17-5-1-2-8-20-17)22-11-14-6-9-21(12-15(14)13-22)16-4-3-7-19-10-16/h1-5,7-8,10,14-15H,6,9,11-13H2/t14-,15+/m0/s1. The van der Waals surface area contributed by atoms with Crippen LogP contribution in [-0.2, 0) is 0 Å². The van der Waals surface area contributed by atoms with Gasteiger partial charge in [-0.3, -0.25) is 14.8 Å². The summed E-state index contributed by atoms with van der Waals surface area (Å²) >= 11 is 0. The molecule has 0 radical (unpaired) electrons. The number of carbonyl (C=O) groups is 1. The minimum absolute atomic E-state index is 0.0629. The summed E-state index contributed by atoms with van der Waals surface area (Å²) in [5, 5.41) is 0. The summed E-state index contributed by atoms with van der Waals surface area (Å²) in [5.74, 6) is 1.21. The third kappa shape index (κ3) is 2.79. The van der Waals surface area contributed by atoms with E-state index in [2.05, 4.69) is 20.9 Å². The molecule has 2 aliphatic heterocycles. The average Bonchev–Trinajstić information content (AvgIpc) is 3.06. The second-order valence-electron chi connectivity index (χ2n) is 6.39. The number of aromatic nitrogens is 2. The molecule has 2 atom stereocenters. The smallest absolute Gasteiger partial charge is 0.272 e. The first-order valence-corrected chi connectivity index (χ1v) is 8.16. The molecule has 1 amide bonds. The van der Waals surface area contributed by atoms with E-state index in [0.717, 1.165) is 32.6 Å². The van der Waals surface area contributed by atoms with Crippen LogP contribution in [0.3, 0.4) is 0 Å². The number of rotatable bonds is 2. The van der Waals surface area contributed by atoms with Crippen molar-refractivity contribution in [1.82, 2.24) is 14.9 Å². The number of piperidine rings is 1. The maximum absolute atomic E-state index is 12.6. The van der Waals surface area contributed by atoms with Crippen LogP contribution in [0.15, 0.2) is 48.9 Å². The van der Waals surface area contributed by atoms with Gasteiger partial charge in [0.2, 0.25) is 0 Å². The maximum atomic E-state index is 12.6. The zero-order valence-electron chi connectivity index (χ0n) is 13.0. The van der Waals surface area contributed by atoms with E-state index in [1.54, 1.807) is 18.5 Å². The van der Waals surface area contributed by atoms with Gasteiger partial charge in [0.1, 0.15) is 5.69 Å². The van der Waals surface area contributed by atoms with Crippen LogP contribution in [-0.4, -0.2) is 47.0 Å². The molecular formula is C18H20N4O. The second kappa shape index (κ2) is 5.99. The highest BCUT2D eigenvalue weighted by Crippen LogP contribution is 2.33. The van der Waals surface area contributed by atoms with Crippen molar-refractivity contribution in [1.29, 1.82) is 0 Å². The molecule has 5 heteroatoms. The Morgan fingerprint density at radius 1 is 1.04 bits per heavy atom. The lowest BCUT2D eigenvalue weighted by Gasteiger charge is -2.35. The Labute approximate surface area is 136 Å². The second-order valence-corrected chi connectivity index (χ2v) is 6.39. The van der Waals surface area contributed by atoms with Crippen molar-refractivity contribution < 1.29 is 4.79 Å². The number of fused-ring (bicyclic) bond motifs is 1. The van der Waals surface area contributed by atoms with Gasteiger partial charge in [0.15, 0.2) is 0 Å². The molecule has 4 rings (SSSR count). The van der Waals surface area contributed by atoms with E-state index in [0.29, 0.717) is 17.5 Å². The summed E-state index contributed by atoms with van der Waals surface area (Å²) < 4.78 is 0. The Morgan fingerprint density at radius 2 is 1.96 bits per heavy atom. The molecule has 0 bridgehead atoms. The number of amides is 1. The quantitative estimate of drug-likeness (QED) is 0.852. The SMILES string of the molecule is O=C(c1ccccn1)N1C[C@@H]2CCN(c3cccnc3)C[C@@H]2C1. The molecule has 2 aromatic rings. The van der Waals surface area contributed by atoms with Gasteiger partial charge in [-0.2, -0.15) is 0 Å². The van der Waals surface area contributed by atoms with Crippen molar-refractivity contribution >= 4 is 11.6 Å². The minimum Gasteiger partial charge on any atom is -0.370 e. The first-order chi connectivity index (χ1) is 11.3. The third-order valence-corrected chi connectivity index (χ3v) is 4.98. The van der Waals surface area contributed by atoms with Crippen LogP contribution in [0.4, 0.5) is 5.69 Å². The molecule has 0 saturated carbocycles. The van der Waals surface area contributed by atoms with Crippen LogP contribution in [0.25, 0.3) is 0 Å². The molecule has 118 valence electrons. The molecule has 2 saturated heterocycles. The topological polar surface area (TPSA) is 49.3 Å². The Bertz CT molecular complexity index is 676. The molecule has 0 N–H and O–H groups in total. The summed E-state index contributed by atoms with van der Waals surface area (Å²) in [4.78, 5) is 25.4. The molecular weight excluding hydrogens is 288 g/mol. The van der Waals surface area contributed by atoms with Crippen LogP contribution in [0, 0.1) is 11.8 Å². The van der Waals surface area contributed by atoms with E-state index < -0.39 is 0 Å². The Balaban J connectivity index is 1.45. The first kappa shape index (κ1) is 14.2. The van der Waals surface area contributed by atoms with Gasteiger partial charge < -0.3 is 9.80 Å². The van der Waals surface area contributed by atoms with Crippen molar-refractivity contribution in [2.24, 2.45) is 11.8 Å². The highest BCUT2D eigenvalue weighted by molar-refractivity contribution is 5.92. The van der Waals surface area contributed by atoms with E-state index in [9.17, 15) is 4.79 Å². The fourth-order valence-electron chi connectivity index (χ4n) is 3.76. The fourth-order valence-corrected chi connectivity index (χ4v) is 3.76. The molecule has 0 aromatic carbocycles. The van der Waals surface area contributed by atoms with E-state index >= 15 is 0 Å². The van der Waals surface area contributed by atoms with Gasteiger partial charge in [-0.15, -0.1) is 0 Å². The number of pyridine rings is 2. The lowest BCUT2D eigenvalue weighted by atomic mass is 9.88. The number of nitrogens with zero attached hydrogens (tertiary/aromatic N) is 4. The van der Waals surface area contributed by atoms with Crippen LogP contribution in [0.2, 0.25) is 0 Å². The molecule has 2 fully saturated rings. The van der Waals surface area contributed by atoms with Gasteiger partial charge in [0, 0.05) is 38.6 Å². The van der Waals surface area contributed by atoms with Crippen molar-refractivity contribution in [3.05, 3.63) is 54.6 Å². The van der Waals surface area contributed by atoms with Crippen molar-refractivity contribution in [3.63, 3.8) is 0 Å². The summed E-state index contributed by atoms with van der Waals surface area (Å²) in [6, 6.07) is 9.60. The molecule has 0 unspecified atom stereocenters. The van der Waals surface area contributed by atoms with Crippen molar-refractivity contribution in [3.8, 4) is 0 Å². The highest BCUT2D eigenvalue weighted by atomic mass is 16.2. The Hall–Kier alpha value is -2.43. The molecule has 0 spiro atoms. The number of hydrogen-bond donors (Lipinski definition) is 0. The molecule has 2 aliphatic rings. The van der Waals surface area contributed by atoms with Gasteiger partial charge in [-0.1, -0.05) is 6.07 Å². The van der Waals surface area contributed by atoms with Crippen LogP contribution in [0.1, 0.15) is 16.9 Å². The van der Waals surface area contributed by atoms with E-state index in [1.165, 1.54) is 5.69 Å². The van der Waals surface area contributed by atoms with Crippen molar-refractivity contribution in [2.75, 3.05) is 31.1 Å². The summed E-state index contributed by atoms with van der Waals surface area (Å²) in [7, 11) is 0. The molecule has 23 heavy (non-hydrogen) atoms. The van der Waals surface area contributed by atoms with Gasteiger partial charge in [0.05, 0.1) is 11.9 Å². The Kier molecular flexibility index (Phi) is 3.69. The van der Waals surface area contributed by atoms with E-state index in [-0.39, 0.29) is 5.91 Å². The number of carbonyl (C=O) groups excluding carboxylic acids is 1. The average molecular weight is 308 g/mol.